The molecule has 7 nitrogen and oxygen atoms in total. The highest BCUT2D eigenvalue weighted by Crippen LogP contribution is 2.10. The van der Waals surface area contributed by atoms with Gasteiger partial charge < -0.3 is 20.5 Å². The molecule has 2 atom stereocenters. The van der Waals surface area contributed by atoms with E-state index in [1.807, 2.05) is 54.6 Å². The lowest BCUT2D eigenvalue weighted by Gasteiger charge is -2.24. The molecule has 2 aromatic carbocycles. The van der Waals surface area contributed by atoms with Gasteiger partial charge in [0.1, 0.15) is 18.7 Å². The summed E-state index contributed by atoms with van der Waals surface area (Å²) in [4.78, 5) is 36.5. The smallest absolute Gasteiger partial charge is 0.408 e. The van der Waals surface area contributed by atoms with Crippen LogP contribution in [0.1, 0.15) is 25.0 Å². The predicted octanol–water partition coefficient (Wildman–Crippen LogP) is 3.35. The molecule has 0 spiro atoms. The van der Waals surface area contributed by atoms with E-state index in [2.05, 4.69) is 33.2 Å². The summed E-state index contributed by atoms with van der Waals surface area (Å²) in [6.45, 7) is 3.59. The van der Waals surface area contributed by atoms with Gasteiger partial charge in [-0.25, -0.2) is 9.59 Å². The summed E-state index contributed by atoms with van der Waals surface area (Å²) < 4.78 is 6.20. The van der Waals surface area contributed by atoms with Gasteiger partial charge in [-0.3, -0.25) is 4.79 Å². The number of aliphatic carboxylic acids is 1. The summed E-state index contributed by atoms with van der Waals surface area (Å²) in [5, 5.41) is 14.6. The minimum Gasteiger partial charge on any atom is -0.480 e. The predicted molar refractivity (Wildman–Crippen MR) is 121 cm³/mol. The van der Waals surface area contributed by atoms with E-state index in [9.17, 15) is 19.5 Å². The highest BCUT2D eigenvalue weighted by Gasteiger charge is 2.29. The molecule has 0 unspecified atom stereocenters. The van der Waals surface area contributed by atoms with Gasteiger partial charge in [-0.15, -0.1) is 0 Å². The molecule has 3 N–H and O–H groups in total. The van der Waals surface area contributed by atoms with Gasteiger partial charge in [0.2, 0.25) is 5.91 Å². The van der Waals surface area contributed by atoms with Crippen molar-refractivity contribution in [3.05, 3.63) is 69.3 Å². The molecule has 8 heteroatoms. The third-order valence-corrected chi connectivity index (χ3v) is 5.12. The molecule has 30 heavy (non-hydrogen) atoms. The SMILES string of the molecule is CC(C)[C@H](NC(=O)OCc1ccccc1)C(=O)N[C@@H](Cc1ccc(I)cc1)C(=O)O. The summed E-state index contributed by atoms with van der Waals surface area (Å²) in [6, 6.07) is 14.5. The van der Waals surface area contributed by atoms with Crippen LogP contribution in [0.15, 0.2) is 54.6 Å². The Morgan fingerprint density at radius 1 is 0.967 bits per heavy atom. The molecule has 2 aromatic rings. The topological polar surface area (TPSA) is 105 Å². The maximum atomic E-state index is 12.7. The number of halogens is 1. The van der Waals surface area contributed by atoms with Crippen molar-refractivity contribution in [2.45, 2.75) is 39.0 Å². The number of carbonyl (C=O) groups excluding carboxylic acids is 2. The Kier molecular flexibility index (Phi) is 9.10. The second-order valence-corrected chi connectivity index (χ2v) is 8.40. The third kappa shape index (κ3) is 7.66. The zero-order chi connectivity index (χ0) is 22.1. The standard InChI is InChI=1S/C22H25IN2O5/c1-14(2)19(25-22(29)30-13-16-6-4-3-5-7-16)20(26)24-18(21(27)28)12-15-8-10-17(23)11-9-15/h3-11,14,18-19H,12-13H2,1-2H3,(H,24,26)(H,25,29)(H,27,28)/t18-,19-/m0/s1. The van der Waals surface area contributed by atoms with Crippen LogP contribution in [0.5, 0.6) is 0 Å². The van der Waals surface area contributed by atoms with Crippen molar-refractivity contribution < 1.29 is 24.2 Å². The van der Waals surface area contributed by atoms with Crippen LogP contribution in [0.4, 0.5) is 4.79 Å². The number of ether oxygens (including phenoxy) is 1. The van der Waals surface area contributed by atoms with Crippen molar-refractivity contribution in [3.8, 4) is 0 Å². The van der Waals surface area contributed by atoms with Crippen LogP contribution >= 0.6 is 22.6 Å². The van der Waals surface area contributed by atoms with E-state index >= 15 is 0 Å². The first kappa shape index (κ1) is 23.7. The fraction of sp³-hybridized carbons (Fsp3) is 0.318. The maximum Gasteiger partial charge on any atom is 0.408 e. The lowest BCUT2D eigenvalue weighted by atomic mass is 10.0. The van der Waals surface area contributed by atoms with E-state index in [1.165, 1.54) is 0 Å². The number of hydrogen-bond donors (Lipinski definition) is 3. The second kappa shape index (κ2) is 11.5. The molecule has 0 saturated carbocycles. The summed E-state index contributed by atoms with van der Waals surface area (Å²) in [7, 11) is 0. The molecule has 0 aliphatic rings. The molecule has 2 rings (SSSR count). The highest BCUT2D eigenvalue weighted by atomic mass is 127. The normalized spacial score (nSPS) is 12.7. The van der Waals surface area contributed by atoms with Crippen LogP contribution in [0.2, 0.25) is 0 Å². The monoisotopic (exact) mass is 524 g/mol. The van der Waals surface area contributed by atoms with E-state index in [-0.39, 0.29) is 18.9 Å². The molecule has 0 fully saturated rings. The average Bonchev–Trinajstić information content (AvgIpc) is 2.71. The van der Waals surface area contributed by atoms with Crippen molar-refractivity contribution in [1.29, 1.82) is 0 Å². The van der Waals surface area contributed by atoms with Crippen LogP contribution in [-0.4, -0.2) is 35.2 Å². The average molecular weight is 524 g/mol. The van der Waals surface area contributed by atoms with Gasteiger partial charge in [-0.05, 0) is 51.8 Å². The number of carbonyl (C=O) groups is 3. The van der Waals surface area contributed by atoms with Gasteiger partial charge in [0.05, 0.1) is 0 Å². The Balaban J connectivity index is 1.97. The highest BCUT2D eigenvalue weighted by molar-refractivity contribution is 14.1. The van der Waals surface area contributed by atoms with Gasteiger partial charge in [0.25, 0.3) is 0 Å². The van der Waals surface area contributed by atoms with Crippen molar-refractivity contribution >= 4 is 40.6 Å². The van der Waals surface area contributed by atoms with Crippen molar-refractivity contribution in [3.63, 3.8) is 0 Å². The molecular weight excluding hydrogens is 499 g/mol. The lowest BCUT2D eigenvalue weighted by Crippen LogP contribution is -2.54. The Morgan fingerprint density at radius 2 is 1.60 bits per heavy atom. The summed E-state index contributed by atoms with van der Waals surface area (Å²) >= 11 is 2.16. The van der Waals surface area contributed by atoms with Crippen LogP contribution in [0, 0.1) is 9.49 Å². The van der Waals surface area contributed by atoms with Gasteiger partial charge in [0, 0.05) is 9.99 Å². The minimum atomic E-state index is -1.14. The number of alkyl carbamates (subject to hydrolysis) is 1. The zero-order valence-electron chi connectivity index (χ0n) is 16.8. The number of benzene rings is 2. The van der Waals surface area contributed by atoms with Crippen LogP contribution in [0.25, 0.3) is 0 Å². The first-order valence-corrected chi connectivity index (χ1v) is 10.6. The number of rotatable bonds is 9. The molecule has 2 amide bonds. The molecule has 0 aliphatic carbocycles. The van der Waals surface area contributed by atoms with Gasteiger partial charge in [0.15, 0.2) is 0 Å². The van der Waals surface area contributed by atoms with E-state index in [1.54, 1.807) is 13.8 Å². The maximum absolute atomic E-state index is 12.7. The second-order valence-electron chi connectivity index (χ2n) is 7.16. The number of hydrogen-bond acceptors (Lipinski definition) is 4. The van der Waals surface area contributed by atoms with Crippen molar-refractivity contribution in [2.75, 3.05) is 0 Å². The Morgan fingerprint density at radius 3 is 2.17 bits per heavy atom. The number of carboxylic acids is 1. The first-order chi connectivity index (χ1) is 14.3. The van der Waals surface area contributed by atoms with E-state index < -0.39 is 30.1 Å². The van der Waals surface area contributed by atoms with Crippen molar-refractivity contribution in [2.24, 2.45) is 5.92 Å². The fourth-order valence-corrected chi connectivity index (χ4v) is 3.10. The zero-order valence-corrected chi connectivity index (χ0v) is 19.0. The van der Waals surface area contributed by atoms with Gasteiger partial charge in [-0.2, -0.15) is 0 Å². The fourth-order valence-electron chi connectivity index (χ4n) is 2.74. The van der Waals surface area contributed by atoms with E-state index in [0.717, 1.165) is 14.7 Å². The van der Waals surface area contributed by atoms with E-state index in [4.69, 9.17) is 4.74 Å². The molecule has 0 bridgehead atoms. The quantitative estimate of drug-likeness (QED) is 0.437. The largest absolute Gasteiger partial charge is 0.480 e. The number of carboxylic acid groups (broad SMARTS) is 1. The summed E-state index contributed by atoms with van der Waals surface area (Å²) in [6.07, 6.45) is -0.599. The molecular formula is C22H25IN2O5. The van der Waals surface area contributed by atoms with Gasteiger partial charge in [-0.1, -0.05) is 56.3 Å². The third-order valence-electron chi connectivity index (χ3n) is 4.40. The van der Waals surface area contributed by atoms with Gasteiger partial charge >= 0.3 is 12.1 Å². The Labute approximate surface area is 189 Å². The van der Waals surface area contributed by atoms with Crippen LogP contribution in [-0.2, 0) is 27.4 Å². The van der Waals surface area contributed by atoms with Crippen LogP contribution < -0.4 is 10.6 Å². The van der Waals surface area contributed by atoms with Crippen LogP contribution in [0.3, 0.4) is 0 Å². The van der Waals surface area contributed by atoms with E-state index in [0.29, 0.717) is 0 Å². The summed E-state index contributed by atoms with van der Waals surface area (Å²) in [5.74, 6) is -1.97. The lowest BCUT2D eigenvalue weighted by molar-refractivity contribution is -0.142. The molecule has 160 valence electrons. The minimum absolute atomic E-state index is 0.0731. The Hall–Kier alpha value is -2.62. The number of nitrogens with one attached hydrogen (secondary N) is 2. The molecule has 0 aromatic heterocycles. The molecule has 0 heterocycles. The Bertz CT molecular complexity index is 856. The van der Waals surface area contributed by atoms with Crippen molar-refractivity contribution in [1.82, 2.24) is 10.6 Å². The molecule has 0 saturated heterocycles. The summed E-state index contributed by atoms with van der Waals surface area (Å²) in [5.41, 5.74) is 1.61. The molecule has 0 radical (unpaired) electrons. The first-order valence-electron chi connectivity index (χ1n) is 9.51. The molecule has 0 aliphatic heterocycles. The number of amides is 2.